The molecule has 2 rings (SSSR count). The van der Waals surface area contributed by atoms with Crippen molar-refractivity contribution in [1.82, 2.24) is 10.3 Å². The quantitative estimate of drug-likeness (QED) is 0.908. The van der Waals surface area contributed by atoms with E-state index in [4.69, 9.17) is 4.74 Å². The summed E-state index contributed by atoms with van der Waals surface area (Å²) in [6, 6.07) is 6.35. The lowest BCUT2D eigenvalue weighted by Crippen LogP contribution is -2.23. The summed E-state index contributed by atoms with van der Waals surface area (Å²) < 4.78 is 5.27. The highest BCUT2D eigenvalue weighted by molar-refractivity contribution is 7.09. The number of hydrogen-bond acceptors (Lipinski definition) is 4. The summed E-state index contributed by atoms with van der Waals surface area (Å²) >= 11 is 1.69. The van der Waals surface area contributed by atoms with Gasteiger partial charge in [-0.05, 0) is 43.7 Å². The number of aryl methyl sites for hydroxylation is 2. The van der Waals surface area contributed by atoms with Gasteiger partial charge in [-0.2, -0.15) is 0 Å². The van der Waals surface area contributed by atoms with Crippen molar-refractivity contribution in [3.8, 4) is 5.75 Å². The fourth-order valence-corrected chi connectivity index (χ4v) is 2.83. The van der Waals surface area contributed by atoms with E-state index < -0.39 is 0 Å². The molecule has 1 N–H and O–H groups in total. The summed E-state index contributed by atoms with van der Waals surface area (Å²) in [6.45, 7) is 7.18. The maximum atomic E-state index is 5.27. The largest absolute Gasteiger partial charge is 0.497 e. The molecule has 0 saturated carbocycles. The normalized spacial score (nSPS) is 12.4. The van der Waals surface area contributed by atoms with Gasteiger partial charge in [0.2, 0.25) is 0 Å². The fraction of sp³-hybridized carbons (Fsp3) is 0.400. The zero-order valence-corrected chi connectivity index (χ0v) is 12.7. The van der Waals surface area contributed by atoms with E-state index in [1.165, 1.54) is 11.1 Å². The molecular formula is C15H20N2OS. The van der Waals surface area contributed by atoms with Crippen molar-refractivity contribution in [1.29, 1.82) is 0 Å². The molecule has 19 heavy (non-hydrogen) atoms. The Morgan fingerprint density at radius 3 is 2.68 bits per heavy atom. The van der Waals surface area contributed by atoms with Crippen molar-refractivity contribution in [2.75, 3.05) is 13.7 Å². The van der Waals surface area contributed by atoms with E-state index in [0.717, 1.165) is 23.0 Å². The molecule has 1 aromatic carbocycles. The van der Waals surface area contributed by atoms with Crippen LogP contribution in [-0.2, 0) is 0 Å². The molecule has 0 amide bonds. The Morgan fingerprint density at radius 1 is 1.37 bits per heavy atom. The standard InChI is InChI=1S/C15H20N2OS/c1-5-16-15(14-9-19-11(3)17-14)13-7-6-12(18-4)8-10(13)2/h6-9,15-16H,5H2,1-4H3. The van der Waals surface area contributed by atoms with Crippen molar-refractivity contribution in [3.05, 3.63) is 45.4 Å². The van der Waals surface area contributed by atoms with Crippen LogP contribution in [0.3, 0.4) is 0 Å². The number of aromatic nitrogens is 1. The minimum atomic E-state index is 0.154. The Balaban J connectivity index is 2.39. The molecule has 0 aliphatic carbocycles. The van der Waals surface area contributed by atoms with Crippen LogP contribution in [0, 0.1) is 13.8 Å². The number of rotatable bonds is 5. The molecule has 0 aliphatic heterocycles. The summed E-state index contributed by atoms with van der Waals surface area (Å²) in [5, 5.41) is 6.74. The van der Waals surface area contributed by atoms with Crippen LogP contribution in [0.25, 0.3) is 0 Å². The molecule has 0 aliphatic rings. The van der Waals surface area contributed by atoms with E-state index in [2.05, 4.69) is 41.7 Å². The Bertz CT molecular complexity index is 551. The minimum Gasteiger partial charge on any atom is -0.497 e. The predicted molar refractivity (Wildman–Crippen MR) is 80.1 cm³/mol. The van der Waals surface area contributed by atoms with Gasteiger partial charge in [0.1, 0.15) is 5.75 Å². The Morgan fingerprint density at radius 2 is 2.16 bits per heavy atom. The van der Waals surface area contributed by atoms with Crippen LogP contribution in [0.15, 0.2) is 23.6 Å². The predicted octanol–water partition coefficient (Wildman–Crippen LogP) is 3.47. The van der Waals surface area contributed by atoms with Gasteiger partial charge < -0.3 is 10.1 Å². The van der Waals surface area contributed by atoms with Crippen molar-refractivity contribution in [3.63, 3.8) is 0 Å². The lowest BCUT2D eigenvalue weighted by Gasteiger charge is -2.19. The zero-order valence-electron chi connectivity index (χ0n) is 11.9. The van der Waals surface area contributed by atoms with Crippen LogP contribution in [-0.4, -0.2) is 18.6 Å². The molecule has 0 fully saturated rings. The van der Waals surface area contributed by atoms with Crippen LogP contribution in [0.4, 0.5) is 0 Å². The average Bonchev–Trinajstić information content (AvgIpc) is 2.83. The molecule has 1 atom stereocenters. The second kappa shape index (κ2) is 6.17. The number of ether oxygens (including phenoxy) is 1. The van der Waals surface area contributed by atoms with Crippen LogP contribution in [0.1, 0.15) is 34.8 Å². The Kier molecular flexibility index (Phi) is 4.56. The average molecular weight is 276 g/mol. The van der Waals surface area contributed by atoms with Crippen LogP contribution < -0.4 is 10.1 Å². The van der Waals surface area contributed by atoms with Gasteiger partial charge in [-0.15, -0.1) is 11.3 Å². The molecular weight excluding hydrogens is 256 g/mol. The second-order valence-corrected chi connectivity index (χ2v) is 5.57. The molecule has 1 aromatic heterocycles. The fourth-order valence-electron chi connectivity index (χ4n) is 2.19. The minimum absolute atomic E-state index is 0.154. The van der Waals surface area contributed by atoms with E-state index in [1.807, 2.05) is 13.0 Å². The molecule has 0 bridgehead atoms. The van der Waals surface area contributed by atoms with Gasteiger partial charge in [0.15, 0.2) is 0 Å². The van der Waals surface area contributed by atoms with Gasteiger partial charge in [-0.25, -0.2) is 4.98 Å². The van der Waals surface area contributed by atoms with Crippen LogP contribution in [0.5, 0.6) is 5.75 Å². The number of nitrogens with one attached hydrogen (secondary N) is 1. The number of thiazole rings is 1. The first kappa shape index (κ1) is 14.0. The molecule has 4 heteroatoms. The molecule has 3 nitrogen and oxygen atoms in total. The number of nitrogens with zero attached hydrogens (tertiary/aromatic N) is 1. The van der Waals surface area contributed by atoms with Gasteiger partial charge in [0.25, 0.3) is 0 Å². The summed E-state index contributed by atoms with van der Waals surface area (Å²) in [7, 11) is 1.69. The van der Waals surface area contributed by atoms with E-state index in [-0.39, 0.29) is 6.04 Å². The zero-order chi connectivity index (χ0) is 13.8. The van der Waals surface area contributed by atoms with E-state index in [1.54, 1.807) is 18.4 Å². The van der Waals surface area contributed by atoms with Crippen molar-refractivity contribution < 1.29 is 4.74 Å². The first-order chi connectivity index (χ1) is 9.15. The van der Waals surface area contributed by atoms with Crippen LogP contribution >= 0.6 is 11.3 Å². The van der Waals surface area contributed by atoms with Crippen LogP contribution in [0.2, 0.25) is 0 Å². The third-order valence-corrected chi connectivity index (χ3v) is 3.92. The van der Waals surface area contributed by atoms with Crippen molar-refractivity contribution in [2.24, 2.45) is 0 Å². The monoisotopic (exact) mass is 276 g/mol. The molecule has 0 spiro atoms. The highest BCUT2D eigenvalue weighted by atomic mass is 32.1. The summed E-state index contributed by atoms with van der Waals surface area (Å²) in [6.07, 6.45) is 0. The topological polar surface area (TPSA) is 34.2 Å². The smallest absolute Gasteiger partial charge is 0.119 e. The van der Waals surface area contributed by atoms with Gasteiger partial charge >= 0.3 is 0 Å². The molecule has 0 saturated heterocycles. The lowest BCUT2D eigenvalue weighted by molar-refractivity contribution is 0.414. The summed E-state index contributed by atoms with van der Waals surface area (Å²) in [4.78, 5) is 4.61. The maximum absolute atomic E-state index is 5.27. The SMILES string of the molecule is CCNC(c1csc(C)n1)c1ccc(OC)cc1C. The Hall–Kier alpha value is -1.39. The van der Waals surface area contributed by atoms with Crippen molar-refractivity contribution in [2.45, 2.75) is 26.8 Å². The summed E-state index contributed by atoms with van der Waals surface area (Å²) in [5.74, 6) is 0.894. The number of hydrogen-bond donors (Lipinski definition) is 1. The third kappa shape index (κ3) is 3.14. The highest BCUT2D eigenvalue weighted by Crippen LogP contribution is 2.28. The number of benzene rings is 1. The number of methoxy groups -OCH3 is 1. The Labute approximate surface area is 118 Å². The first-order valence-corrected chi connectivity index (χ1v) is 7.33. The maximum Gasteiger partial charge on any atom is 0.119 e. The van der Waals surface area contributed by atoms with E-state index in [0.29, 0.717) is 0 Å². The third-order valence-electron chi connectivity index (χ3n) is 3.13. The van der Waals surface area contributed by atoms with Gasteiger partial charge in [0.05, 0.1) is 23.9 Å². The molecule has 2 aromatic rings. The van der Waals surface area contributed by atoms with Crippen molar-refractivity contribution >= 4 is 11.3 Å². The van der Waals surface area contributed by atoms with Gasteiger partial charge in [0, 0.05) is 5.38 Å². The molecule has 1 unspecified atom stereocenters. The van der Waals surface area contributed by atoms with Gasteiger partial charge in [-0.3, -0.25) is 0 Å². The molecule has 0 radical (unpaired) electrons. The molecule has 102 valence electrons. The summed E-state index contributed by atoms with van der Waals surface area (Å²) in [5.41, 5.74) is 3.57. The second-order valence-electron chi connectivity index (χ2n) is 4.50. The first-order valence-electron chi connectivity index (χ1n) is 6.45. The van der Waals surface area contributed by atoms with E-state index in [9.17, 15) is 0 Å². The van der Waals surface area contributed by atoms with Gasteiger partial charge in [-0.1, -0.05) is 13.0 Å². The van der Waals surface area contributed by atoms with E-state index >= 15 is 0 Å². The molecule has 1 heterocycles. The lowest BCUT2D eigenvalue weighted by atomic mass is 9.99. The highest BCUT2D eigenvalue weighted by Gasteiger charge is 2.18.